The number of nitro groups is 1. The van der Waals surface area contributed by atoms with E-state index in [0.29, 0.717) is 0 Å². The Hall–Kier alpha value is -2.00. The van der Waals surface area contributed by atoms with Gasteiger partial charge in [0, 0.05) is 12.1 Å². The highest BCUT2D eigenvalue weighted by Crippen LogP contribution is 2.41. The summed E-state index contributed by atoms with van der Waals surface area (Å²) in [5.74, 6) is 0.172. The Bertz CT molecular complexity index is 772. The SMILES string of the molecule is N#Cc1cc([N+](=O)[O-])ccc1Oc1c(Cl)ccc(Cl)c1Cl. The fourth-order valence-corrected chi connectivity index (χ4v) is 2.12. The molecule has 21 heavy (non-hydrogen) atoms. The molecule has 0 aliphatic rings. The molecular weight excluding hydrogens is 339 g/mol. The summed E-state index contributed by atoms with van der Waals surface area (Å²) in [4.78, 5) is 10.1. The summed E-state index contributed by atoms with van der Waals surface area (Å²) in [5, 5.41) is 20.3. The van der Waals surface area contributed by atoms with E-state index in [1.807, 2.05) is 6.07 Å². The van der Waals surface area contributed by atoms with Crippen molar-refractivity contribution in [1.29, 1.82) is 5.26 Å². The van der Waals surface area contributed by atoms with Crippen LogP contribution in [0.25, 0.3) is 0 Å². The van der Waals surface area contributed by atoms with Crippen LogP contribution in [-0.2, 0) is 0 Å². The van der Waals surface area contributed by atoms with E-state index in [2.05, 4.69) is 0 Å². The second kappa shape index (κ2) is 6.19. The fraction of sp³-hybridized carbons (Fsp3) is 0. The Labute approximate surface area is 134 Å². The van der Waals surface area contributed by atoms with Crippen molar-refractivity contribution in [3.05, 3.63) is 61.1 Å². The molecule has 0 fully saturated rings. The van der Waals surface area contributed by atoms with Gasteiger partial charge in [0.25, 0.3) is 5.69 Å². The summed E-state index contributed by atoms with van der Waals surface area (Å²) < 4.78 is 5.48. The number of rotatable bonds is 3. The second-order valence-electron chi connectivity index (χ2n) is 3.82. The van der Waals surface area contributed by atoms with Gasteiger partial charge in [-0.25, -0.2) is 0 Å². The monoisotopic (exact) mass is 342 g/mol. The number of benzene rings is 2. The van der Waals surface area contributed by atoms with Gasteiger partial charge in [0.15, 0.2) is 5.75 Å². The van der Waals surface area contributed by atoms with Gasteiger partial charge >= 0.3 is 0 Å². The minimum Gasteiger partial charge on any atom is -0.453 e. The van der Waals surface area contributed by atoms with Crippen LogP contribution in [0.1, 0.15) is 5.56 Å². The molecule has 2 aromatic rings. The first kappa shape index (κ1) is 15.4. The highest BCUT2D eigenvalue weighted by atomic mass is 35.5. The molecule has 0 amide bonds. The quantitative estimate of drug-likeness (QED) is 0.435. The van der Waals surface area contributed by atoms with Crippen LogP contribution in [0.15, 0.2) is 30.3 Å². The molecular formula is C13H5Cl3N2O3. The highest BCUT2D eigenvalue weighted by Gasteiger charge is 2.16. The molecule has 0 aliphatic carbocycles. The molecule has 0 radical (unpaired) electrons. The van der Waals surface area contributed by atoms with E-state index in [1.54, 1.807) is 0 Å². The first-order valence-electron chi connectivity index (χ1n) is 5.44. The van der Waals surface area contributed by atoms with Crippen LogP contribution in [0.5, 0.6) is 11.5 Å². The summed E-state index contributed by atoms with van der Waals surface area (Å²) in [6.07, 6.45) is 0. The van der Waals surface area contributed by atoms with E-state index < -0.39 is 4.92 Å². The third-order valence-corrected chi connectivity index (χ3v) is 3.59. The van der Waals surface area contributed by atoms with Gasteiger partial charge in [0.1, 0.15) is 22.4 Å². The average molecular weight is 344 g/mol. The lowest BCUT2D eigenvalue weighted by Gasteiger charge is -2.11. The molecule has 0 atom stereocenters. The van der Waals surface area contributed by atoms with Gasteiger partial charge < -0.3 is 4.74 Å². The molecule has 5 nitrogen and oxygen atoms in total. The molecule has 106 valence electrons. The van der Waals surface area contributed by atoms with Gasteiger partial charge in [0.2, 0.25) is 0 Å². The van der Waals surface area contributed by atoms with Crippen LogP contribution in [0, 0.1) is 21.4 Å². The normalized spacial score (nSPS) is 10.0. The summed E-state index contributed by atoms with van der Waals surface area (Å²) in [7, 11) is 0. The Balaban J connectivity index is 2.48. The first-order valence-corrected chi connectivity index (χ1v) is 6.57. The molecule has 0 saturated carbocycles. The smallest absolute Gasteiger partial charge is 0.271 e. The molecule has 0 aliphatic heterocycles. The molecule has 0 spiro atoms. The van der Waals surface area contributed by atoms with Crippen molar-refractivity contribution >= 4 is 40.5 Å². The van der Waals surface area contributed by atoms with E-state index in [4.69, 9.17) is 44.8 Å². The molecule has 2 aromatic carbocycles. The maximum Gasteiger partial charge on any atom is 0.271 e. The van der Waals surface area contributed by atoms with Crippen molar-refractivity contribution in [2.45, 2.75) is 0 Å². The molecule has 0 aromatic heterocycles. The number of hydrogen-bond acceptors (Lipinski definition) is 4. The lowest BCUT2D eigenvalue weighted by atomic mass is 10.2. The predicted octanol–water partition coefficient (Wildman–Crippen LogP) is 5.22. The second-order valence-corrected chi connectivity index (χ2v) is 5.02. The van der Waals surface area contributed by atoms with Gasteiger partial charge in [-0.1, -0.05) is 34.8 Å². The zero-order valence-electron chi connectivity index (χ0n) is 10.1. The third kappa shape index (κ3) is 3.19. The molecule has 0 heterocycles. The molecule has 0 saturated heterocycles. The van der Waals surface area contributed by atoms with Gasteiger partial charge in [-0.05, 0) is 18.2 Å². The zero-order chi connectivity index (χ0) is 15.6. The van der Waals surface area contributed by atoms with Gasteiger partial charge in [-0.2, -0.15) is 5.26 Å². The minimum atomic E-state index is -0.607. The molecule has 0 unspecified atom stereocenters. The largest absolute Gasteiger partial charge is 0.453 e. The Morgan fingerprint density at radius 3 is 2.43 bits per heavy atom. The highest BCUT2D eigenvalue weighted by molar-refractivity contribution is 6.44. The van der Waals surface area contributed by atoms with Crippen molar-refractivity contribution in [2.75, 3.05) is 0 Å². The van der Waals surface area contributed by atoms with Crippen LogP contribution in [-0.4, -0.2) is 4.92 Å². The van der Waals surface area contributed by atoms with E-state index in [-0.39, 0.29) is 37.8 Å². The van der Waals surface area contributed by atoms with Crippen LogP contribution in [0.3, 0.4) is 0 Å². The van der Waals surface area contributed by atoms with Gasteiger partial charge in [-0.15, -0.1) is 0 Å². The number of nitrogens with zero attached hydrogens (tertiary/aromatic N) is 2. The van der Waals surface area contributed by atoms with Crippen molar-refractivity contribution in [1.82, 2.24) is 0 Å². The maximum atomic E-state index is 10.7. The maximum absolute atomic E-state index is 10.7. The van der Waals surface area contributed by atoms with Crippen molar-refractivity contribution in [3.8, 4) is 17.6 Å². The standard InChI is InChI=1S/C13H5Cl3N2O3/c14-9-2-3-10(15)13(12(9)16)21-11-4-1-8(18(19)20)5-7(11)6-17/h1-5H. The summed E-state index contributed by atoms with van der Waals surface area (Å²) >= 11 is 17.8. The predicted molar refractivity (Wildman–Crippen MR) is 79.4 cm³/mol. The lowest BCUT2D eigenvalue weighted by Crippen LogP contribution is -1.93. The Kier molecular flexibility index (Phi) is 4.53. The summed E-state index contributed by atoms with van der Waals surface area (Å²) in [6.45, 7) is 0. The van der Waals surface area contributed by atoms with Crippen LogP contribution in [0.2, 0.25) is 15.1 Å². The molecule has 8 heteroatoms. The zero-order valence-corrected chi connectivity index (χ0v) is 12.4. The third-order valence-electron chi connectivity index (χ3n) is 2.51. The number of nitriles is 1. The van der Waals surface area contributed by atoms with Crippen LogP contribution in [0.4, 0.5) is 5.69 Å². The Morgan fingerprint density at radius 1 is 1.14 bits per heavy atom. The van der Waals surface area contributed by atoms with Crippen molar-refractivity contribution in [3.63, 3.8) is 0 Å². The van der Waals surface area contributed by atoms with Gasteiger partial charge in [-0.3, -0.25) is 10.1 Å². The van der Waals surface area contributed by atoms with E-state index in [9.17, 15) is 10.1 Å². The minimum absolute atomic E-state index is 0.0173. The molecule has 0 N–H and O–H groups in total. The Morgan fingerprint density at radius 2 is 1.81 bits per heavy atom. The topological polar surface area (TPSA) is 76.2 Å². The average Bonchev–Trinajstić information content (AvgIpc) is 2.47. The molecule has 0 bridgehead atoms. The van der Waals surface area contributed by atoms with Crippen LogP contribution >= 0.6 is 34.8 Å². The summed E-state index contributed by atoms with van der Waals surface area (Å²) in [6, 6.07) is 8.41. The number of halogens is 3. The van der Waals surface area contributed by atoms with E-state index in [0.717, 1.165) is 6.07 Å². The van der Waals surface area contributed by atoms with Crippen molar-refractivity contribution in [2.24, 2.45) is 0 Å². The fourth-order valence-electron chi connectivity index (χ4n) is 1.52. The van der Waals surface area contributed by atoms with Crippen molar-refractivity contribution < 1.29 is 9.66 Å². The number of non-ortho nitro benzene ring substituents is 1. The molecule has 2 rings (SSSR count). The van der Waals surface area contributed by atoms with E-state index in [1.165, 1.54) is 24.3 Å². The summed E-state index contributed by atoms with van der Waals surface area (Å²) in [5.41, 5.74) is -0.238. The number of ether oxygens (including phenoxy) is 1. The van der Waals surface area contributed by atoms with E-state index >= 15 is 0 Å². The first-order chi connectivity index (χ1) is 9.93. The van der Waals surface area contributed by atoms with Gasteiger partial charge in [0.05, 0.1) is 15.0 Å². The lowest BCUT2D eigenvalue weighted by molar-refractivity contribution is -0.384. The van der Waals surface area contributed by atoms with Crippen LogP contribution < -0.4 is 4.74 Å². The number of hydrogen-bond donors (Lipinski definition) is 0. The number of nitro benzene ring substituents is 1.